The van der Waals surface area contributed by atoms with E-state index in [4.69, 9.17) is 4.74 Å². The second kappa shape index (κ2) is 8.67. The number of nitrogens with two attached hydrogens (primary N) is 1. The zero-order valence-corrected chi connectivity index (χ0v) is 13.9. The lowest BCUT2D eigenvalue weighted by molar-refractivity contribution is -0.686. The average Bonchev–Trinajstić information content (AvgIpc) is 2.59. The molecule has 6 heteroatoms. The van der Waals surface area contributed by atoms with E-state index in [2.05, 4.69) is 0 Å². The lowest BCUT2D eigenvalue weighted by Crippen LogP contribution is -2.90. The van der Waals surface area contributed by atoms with Gasteiger partial charge in [0.1, 0.15) is 13.2 Å². The van der Waals surface area contributed by atoms with E-state index in [1.54, 1.807) is 30.3 Å². The van der Waals surface area contributed by atoms with Crippen LogP contribution in [0.15, 0.2) is 54.6 Å². The van der Waals surface area contributed by atoms with Gasteiger partial charge in [-0.3, -0.25) is 0 Å². The Morgan fingerprint density at radius 1 is 1.12 bits per heavy atom. The Morgan fingerprint density at radius 2 is 1.84 bits per heavy atom. The standard InChI is InChI=1S/C19H20F3NO2/c1-14(12-15-6-5-9-17(13-15)19(20,21)22)23-10-11-25-18(24)16-7-3-2-4-8-16/h2-9,13-14,23H,10-12H2,1H3/p+1/t14-/m0/s1. The van der Waals surface area contributed by atoms with Gasteiger partial charge in [-0.05, 0) is 30.7 Å². The monoisotopic (exact) mass is 352 g/mol. The summed E-state index contributed by atoms with van der Waals surface area (Å²) < 4.78 is 43.3. The lowest BCUT2D eigenvalue weighted by atomic mass is 10.0. The van der Waals surface area contributed by atoms with Gasteiger partial charge in [-0.1, -0.05) is 36.4 Å². The predicted molar refractivity (Wildman–Crippen MR) is 88.1 cm³/mol. The molecule has 0 aliphatic heterocycles. The molecular weight excluding hydrogens is 331 g/mol. The predicted octanol–water partition coefficient (Wildman–Crippen LogP) is 3.06. The first-order valence-corrected chi connectivity index (χ1v) is 8.08. The molecule has 0 unspecified atom stereocenters. The van der Waals surface area contributed by atoms with Crippen LogP contribution < -0.4 is 5.32 Å². The van der Waals surface area contributed by atoms with Gasteiger partial charge in [0, 0.05) is 6.42 Å². The fourth-order valence-corrected chi connectivity index (χ4v) is 2.49. The van der Waals surface area contributed by atoms with E-state index in [1.165, 1.54) is 12.1 Å². The van der Waals surface area contributed by atoms with Crippen molar-refractivity contribution in [2.45, 2.75) is 25.6 Å². The van der Waals surface area contributed by atoms with Crippen molar-refractivity contribution in [1.82, 2.24) is 0 Å². The largest absolute Gasteiger partial charge is 0.456 e. The summed E-state index contributed by atoms with van der Waals surface area (Å²) >= 11 is 0. The van der Waals surface area contributed by atoms with Crippen LogP contribution in [-0.2, 0) is 17.3 Å². The molecule has 1 atom stereocenters. The Hall–Kier alpha value is -2.34. The van der Waals surface area contributed by atoms with Crippen molar-refractivity contribution in [3.63, 3.8) is 0 Å². The minimum absolute atomic E-state index is 0.0823. The molecule has 0 bridgehead atoms. The molecule has 0 spiro atoms. The van der Waals surface area contributed by atoms with Crippen molar-refractivity contribution in [2.24, 2.45) is 0 Å². The number of rotatable bonds is 7. The first kappa shape index (κ1) is 19.0. The highest BCUT2D eigenvalue weighted by atomic mass is 19.4. The summed E-state index contributed by atoms with van der Waals surface area (Å²) in [6.07, 6.45) is -3.81. The Morgan fingerprint density at radius 3 is 2.52 bits per heavy atom. The van der Waals surface area contributed by atoms with Crippen LogP contribution in [0.2, 0.25) is 0 Å². The third kappa shape index (κ3) is 6.23. The summed E-state index contributed by atoms with van der Waals surface area (Å²) in [5.41, 5.74) is 0.508. The SMILES string of the molecule is C[C@@H](Cc1cccc(C(F)(F)F)c1)[NH2+]CCOC(=O)c1ccccc1. The van der Waals surface area contributed by atoms with Gasteiger partial charge >= 0.3 is 12.1 Å². The van der Waals surface area contributed by atoms with Gasteiger partial charge in [-0.25, -0.2) is 4.79 Å². The Balaban J connectivity index is 1.74. The van der Waals surface area contributed by atoms with Gasteiger partial charge in [-0.2, -0.15) is 13.2 Å². The molecule has 2 aromatic rings. The van der Waals surface area contributed by atoms with Gasteiger partial charge in [-0.15, -0.1) is 0 Å². The molecule has 2 rings (SSSR count). The maximum Gasteiger partial charge on any atom is 0.416 e. The van der Waals surface area contributed by atoms with Crippen LogP contribution in [0.3, 0.4) is 0 Å². The molecular formula is C19H21F3NO2+. The summed E-state index contributed by atoms with van der Waals surface area (Å²) in [5, 5.41) is 1.96. The van der Waals surface area contributed by atoms with E-state index in [-0.39, 0.29) is 18.6 Å². The van der Waals surface area contributed by atoms with Crippen LogP contribution in [-0.4, -0.2) is 25.2 Å². The molecule has 0 fully saturated rings. The quantitative estimate of drug-likeness (QED) is 0.615. The third-order valence-corrected chi connectivity index (χ3v) is 3.74. The second-order valence-corrected chi connectivity index (χ2v) is 5.91. The molecule has 2 aromatic carbocycles. The Bertz CT molecular complexity index is 687. The lowest BCUT2D eigenvalue weighted by Gasteiger charge is -2.13. The van der Waals surface area contributed by atoms with Crippen LogP contribution in [0.4, 0.5) is 13.2 Å². The van der Waals surface area contributed by atoms with Crippen molar-refractivity contribution in [3.8, 4) is 0 Å². The van der Waals surface area contributed by atoms with Gasteiger partial charge < -0.3 is 10.1 Å². The van der Waals surface area contributed by atoms with Gasteiger partial charge in [0.2, 0.25) is 0 Å². The Labute approximate surface area is 144 Å². The molecule has 0 amide bonds. The molecule has 2 N–H and O–H groups in total. The number of halogens is 3. The highest BCUT2D eigenvalue weighted by molar-refractivity contribution is 5.89. The second-order valence-electron chi connectivity index (χ2n) is 5.91. The average molecular weight is 352 g/mol. The van der Waals surface area contributed by atoms with E-state index < -0.39 is 11.7 Å². The van der Waals surface area contributed by atoms with Crippen molar-refractivity contribution in [1.29, 1.82) is 0 Å². The minimum atomic E-state index is -4.32. The molecule has 0 heterocycles. The van der Waals surface area contributed by atoms with Gasteiger partial charge in [0.05, 0.1) is 17.2 Å². The number of quaternary nitrogens is 1. The number of ether oxygens (including phenoxy) is 1. The van der Waals surface area contributed by atoms with Crippen LogP contribution >= 0.6 is 0 Å². The molecule has 0 saturated carbocycles. The summed E-state index contributed by atoms with van der Waals surface area (Å²) in [6.45, 7) is 2.73. The number of esters is 1. The van der Waals surface area contributed by atoms with Crippen molar-refractivity contribution in [3.05, 3.63) is 71.3 Å². The van der Waals surface area contributed by atoms with Crippen molar-refractivity contribution < 1.29 is 28.0 Å². The number of carbonyl (C=O) groups excluding carboxylic acids is 1. The number of hydrogen-bond acceptors (Lipinski definition) is 2. The van der Waals surface area contributed by atoms with E-state index in [1.807, 2.05) is 18.3 Å². The number of benzene rings is 2. The summed E-state index contributed by atoms with van der Waals surface area (Å²) in [6, 6.07) is 14.2. The fraction of sp³-hybridized carbons (Fsp3) is 0.316. The number of alkyl halides is 3. The van der Waals surface area contributed by atoms with Crippen LogP contribution in [0.1, 0.15) is 28.4 Å². The molecule has 25 heavy (non-hydrogen) atoms. The summed E-state index contributed by atoms with van der Waals surface area (Å²) in [5.74, 6) is -0.375. The number of carbonyl (C=O) groups is 1. The Kier molecular flexibility index (Phi) is 6.58. The smallest absolute Gasteiger partial charge is 0.416 e. The summed E-state index contributed by atoms with van der Waals surface area (Å²) in [7, 11) is 0. The van der Waals surface area contributed by atoms with E-state index in [9.17, 15) is 18.0 Å². The fourth-order valence-electron chi connectivity index (χ4n) is 2.49. The van der Waals surface area contributed by atoms with Crippen molar-refractivity contribution >= 4 is 5.97 Å². The minimum Gasteiger partial charge on any atom is -0.456 e. The molecule has 134 valence electrons. The van der Waals surface area contributed by atoms with Gasteiger partial charge in [0.15, 0.2) is 0 Å². The molecule has 0 aliphatic carbocycles. The van der Waals surface area contributed by atoms with Crippen LogP contribution in [0, 0.1) is 0 Å². The van der Waals surface area contributed by atoms with Crippen molar-refractivity contribution in [2.75, 3.05) is 13.2 Å². The maximum absolute atomic E-state index is 12.7. The number of hydrogen-bond donors (Lipinski definition) is 1. The maximum atomic E-state index is 12.7. The first-order chi connectivity index (χ1) is 11.9. The molecule has 0 aliphatic rings. The molecule has 0 radical (unpaired) electrons. The highest BCUT2D eigenvalue weighted by Crippen LogP contribution is 2.29. The van der Waals surface area contributed by atoms with E-state index in [0.717, 1.165) is 6.07 Å². The van der Waals surface area contributed by atoms with Gasteiger partial charge in [0.25, 0.3) is 0 Å². The first-order valence-electron chi connectivity index (χ1n) is 8.08. The van der Waals surface area contributed by atoms with E-state index >= 15 is 0 Å². The normalized spacial score (nSPS) is 12.6. The molecule has 3 nitrogen and oxygen atoms in total. The van der Waals surface area contributed by atoms with Crippen LogP contribution in [0.25, 0.3) is 0 Å². The zero-order chi connectivity index (χ0) is 18.3. The topological polar surface area (TPSA) is 42.9 Å². The van der Waals surface area contributed by atoms with E-state index in [0.29, 0.717) is 24.1 Å². The zero-order valence-electron chi connectivity index (χ0n) is 13.9. The summed E-state index contributed by atoms with van der Waals surface area (Å²) in [4.78, 5) is 11.8. The van der Waals surface area contributed by atoms with Crippen LogP contribution in [0.5, 0.6) is 0 Å². The third-order valence-electron chi connectivity index (χ3n) is 3.74. The molecule has 0 aromatic heterocycles. The molecule has 0 saturated heterocycles. The highest BCUT2D eigenvalue weighted by Gasteiger charge is 2.30.